The summed E-state index contributed by atoms with van der Waals surface area (Å²) in [4.78, 5) is 0. The van der Waals surface area contributed by atoms with Crippen molar-refractivity contribution in [3.8, 4) is 0 Å². The van der Waals surface area contributed by atoms with E-state index in [-0.39, 0.29) is 5.82 Å². The predicted molar refractivity (Wildman–Crippen MR) is 68.6 cm³/mol. The molecule has 2 nitrogen and oxygen atoms in total. The minimum atomic E-state index is -0.283. The van der Waals surface area contributed by atoms with Crippen molar-refractivity contribution in [3.63, 3.8) is 0 Å². The van der Waals surface area contributed by atoms with Gasteiger partial charge in [0.25, 0.3) is 0 Å². The minimum absolute atomic E-state index is 0.283. The molecule has 3 rings (SSSR count). The van der Waals surface area contributed by atoms with E-state index in [4.69, 9.17) is 4.42 Å². The molecule has 1 aromatic carbocycles. The maximum atomic E-state index is 13.3. The zero-order chi connectivity index (χ0) is 11.8. The van der Waals surface area contributed by atoms with Crippen molar-refractivity contribution in [2.24, 2.45) is 0 Å². The normalized spacial score (nSPS) is 15.6. The Morgan fingerprint density at radius 2 is 2.24 bits per heavy atom. The lowest BCUT2D eigenvalue weighted by Crippen LogP contribution is -2.19. The molecule has 1 fully saturated rings. The van der Waals surface area contributed by atoms with Crippen LogP contribution in [0.15, 0.2) is 27.3 Å². The number of hydrogen-bond acceptors (Lipinski definition) is 2. The van der Waals surface area contributed by atoms with Gasteiger partial charge in [0.2, 0.25) is 0 Å². The SMILES string of the molecule is Fc1cc2occ(CCNC3CC3)c2cc1Br. The highest BCUT2D eigenvalue weighted by Crippen LogP contribution is 2.27. The van der Waals surface area contributed by atoms with Crippen molar-refractivity contribution >= 4 is 26.9 Å². The molecule has 17 heavy (non-hydrogen) atoms. The van der Waals surface area contributed by atoms with Gasteiger partial charge in [-0.1, -0.05) is 0 Å². The van der Waals surface area contributed by atoms with Crippen LogP contribution in [0.5, 0.6) is 0 Å². The molecule has 1 aliphatic rings. The summed E-state index contributed by atoms with van der Waals surface area (Å²) < 4.78 is 19.2. The Morgan fingerprint density at radius 3 is 3.00 bits per heavy atom. The number of halogens is 2. The fourth-order valence-electron chi connectivity index (χ4n) is 1.97. The molecule has 0 unspecified atom stereocenters. The Hall–Kier alpha value is -0.870. The van der Waals surface area contributed by atoms with Gasteiger partial charge < -0.3 is 9.73 Å². The first-order valence-corrected chi connectivity index (χ1v) is 6.62. The highest BCUT2D eigenvalue weighted by atomic mass is 79.9. The summed E-state index contributed by atoms with van der Waals surface area (Å²) in [5, 5.41) is 4.45. The molecule has 1 heterocycles. The summed E-state index contributed by atoms with van der Waals surface area (Å²) in [6.45, 7) is 0.953. The number of benzene rings is 1. The van der Waals surface area contributed by atoms with Gasteiger partial charge in [-0.3, -0.25) is 0 Å². The van der Waals surface area contributed by atoms with E-state index in [2.05, 4.69) is 21.2 Å². The Labute approximate surface area is 107 Å². The molecule has 0 aliphatic heterocycles. The molecule has 90 valence electrons. The molecule has 0 atom stereocenters. The zero-order valence-electron chi connectivity index (χ0n) is 9.30. The van der Waals surface area contributed by atoms with Gasteiger partial charge >= 0.3 is 0 Å². The van der Waals surface area contributed by atoms with E-state index in [0.29, 0.717) is 10.1 Å². The first-order valence-electron chi connectivity index (χ1n) is 5.82. The lowest BCUT2D eigenvalue weighted by Gasteiger charge is -2.01. The average molecular weight is 298 g/mol. The van der Waals surface area contributed by atoms with Crippen molar-refractivity contribution in [1.82, 2.24) is 5.32 Å². The highest BCUT2D eigenvalue weighted by Gasteiger charge is 2.20. The van der Waals surface area contributed by atoms with Gasteiger partial charge in [0.15, 0.2) is 0 Å². The second kappa shape index (κ2) is 4.42. The van der Waals surface area contributed by atoms with Crippen LogP contribution in [-0.4, -0.2) is 12.6 Å². The number of furan rings is 1. The molecular weight excluding hydrogens is 285 g/mol. The Balaban J connectivity index is 1.80. The molecular formula is C13H13BrFNO. The monoisotopic (exact) mass is 297 g/mol. The maximum absolute atomic E-state index is 13.3. The third-order valence-electron chi connectivity index (χ3n) is 3.10. The number of rotatable bonds is 4. The summed E-state index contributed by atoms with van der Waals surface area (Å²) in [5.41, 5.74) is 1.75. The third-order valence-corrected chi connectivity index (χ3v) is 3.71. The van der Waals surface area contributed by atoms with Crippen molar-refractivity contribution in [2.75, 3.05) is 6.54 Å². The fourth-order valence-corrected chi connectivity index (χ4v) is 2.31. The van der Waals surface area contributed by atoms with Crippen molar-refractivity contribution in [2.45, 2.75) is 25.3 Å². The van der Waals surface area contributed by atoms with Crippen LogP contribution < -0.4 is 5.32 Å². The van der Waals surface area contributed by atoms with E-state index in [1.807, 2.05) is 0 Å². The van der Waals surface area contributed by atoms with E-state index < -0.39 is 0 Å². The predicted octanol–water partition coefficient (Wildman–Crippen LogP) is 3.63. The van der Waals surface area contributed by atoms with Crippen LogP contribution in [0.1, 0.15) is 18.4 Å². The van der Waals surface area contributed by atoms with Crippen molar-refractivity contribution in [3.05, 3.63) is 34.2 Å². The van der Waals surface area contributed by atoms with Gasteiger partial charge in [0.1, 0.15) is 11.4 Å². The topological polar surface area (TPSA) is 25.2 Å². The van der Waals surface area contributed by atoms with Crippen LogP contribution in [0.4, 0.5) is 4.39 Å². The molecule has 2 aromatic rings. The van der Waals surface area contributed by atoms with Crippen molar-refractivity contribution in [1.29, 1.82) is 0 Å². The first-order chi connectivity index (χ1) is 8.24. The molecule has 1 aliphatic carbocycles. The second-order valence-electron chi connectivity index (χ2n) is 4.50. The standard InChI is InChI=1S/C13H13BrFNO/c14-11-5-10-8(3-4-16-9-1-2-9)7-17-13(10)6-12(11)15/h5-7,9,16H,1-4H2. The lowest BCUT2D eigenvalue weighted by atomic mass is 10.1. The summed E-state index contributed by atoms with van der Waals surface area (Å²) in [6, 6.07) is 3.94. The molecule has 1 aromatic heterocycles. The molecule has 0 radical (unpaired) electrons. The van der Waals surface area contributed by atoms with Crippen LogP contribution >= 0.6 is 15.9 Å². The van der Waals surface area contributed by atoms with Gasteiger partial charge in [-0.25, -0.2) is 4.39 Å². The van der Waals surface area contributed by atoms with Crippen LogP contribution in [0.3, 0.4) is 0 Å². The number of fused-ring (bicyclic) bond motifs is 1. The molecule has 1 saturated carbocycles. The fraction of sp³-hybridized carbons (Fsp3) is 0.385. The van der Waals surface area contributed by atoms with Gasteiger partial charge in [0, 0.05) is 17.5 Å². The Morgan fingerprint density at radius 1 is 1.41 bits per heavy atom. The Kier molecular flexibility index (Phi) is 2.92. The molecule has 0 bridgehead atoms. The largest absolute Gasteiger partial charge is 0.464 e. The van der Waals surface area contributed by atoms with E-state index in [0.717, 1.165) is 30.0 Å². The van der Waals surface area contributed by atoms with E-state index in [1.165, 1.54) is 18.9 Å². The molecule has 0 saturated heterocycles. The summed E-state index contributed by atoms with van der Waals surface area (Å²) in [5.74, 6) is -0.283. The third kappa shape index (κ3) is 2.38. The van der Waals surface area contributed by atoms with Gasteiger partial charge in [-0.15, -0.1) is 0 Å². The zero-order valence-corrected chi connectivity index (χ0v) is 10.9. The van der Waals surface area contributed by atoms with E-state index in [9.17, 15) is 4.39 Å². The molecule has 0 amide bonds. The van der Waals surface area contributed by atoms with Crippen LogP contribution in [0.2, 0.25) is 0 Å². The van der Waals surface area contributed by atoms with Crippen LogP contribution in [0.25, 0.3) is 11.0 Å². The molecule has 4 heteroatoms. The van der Waals surface area contributed by atoms with Crippen molar-refractivity contribution < 1.29 is 8.81 Å². The van der Waals surface area contributed by atoms with Crippen LogP contribution in [0, 0.1) is 5.82 Å². The van der Waals surface area contributed by atoms with Crippen LogP contribution in [-0.2, 0) is 6.42 Å². The minimum Gasteiger partial charge on any atom is -0.464 e. The van der Waals surface area contributed by atoms with Gasteiger partial charge in [0.05, 0.1) is 10.7 Å². The second-order valence-corrected chi connectivity index (χ2v) is 5.36. The van der Waals surface area contributed by atoms with E-state index >= 15 is 0 Å². The average Bonchev–Trinajstić information content (AvgIpc) is 3.05. The first kappa shape index (κ1) is 11.2. The number of hydrogen-bond donors (Lipinski definition) is 1. The lowest BCUT2D eigenvalue weighted by molar-refractivity contribution is 0.591. The smallest absolute Gasteiger partial charge is 0.141 e. The molecule has 1 N–H and O–H groups in total. The van der Waals surface area contributed by atoms with Gasteiger partial charge in [-0.2, -0.15) is 0 Å². The number of nitrogens with one attached hydrogen (secondary N) is 1. The van der Waals surface area contributed by atoms with E-state index in [1.54, 1.807) is 12.3 Å². The summed E-state index contributed by atoms with van der Waals surface area (Å²) in [6.07, 6.45) is 5.23. The quantitative estimate of drug-likeness (QED) is 0.932. The molecule has 0 spiro atoms. The Bertz CT molecular complexity index is 548. The van der Waals surface area contributed by atoms with Gasteiger partial charge in [-0.05, 0) is 53.4 Å². The maximum Gasteiger partial charge on any atom is 0.141 e. The summed E-state index contributed by atoms with van der Waals surface area (Å²) >= 11 is 3.20. The highest BCUT2D eigenvalue weighted by molar-refractivity contribution is 9.10. The summed E-state index contributed by atoms with van der Waals surface area (Å²) in [7, 11) is 0.